The molecular formula is C11H17N3OS2. The number of nitrogens with zero attached hydrogens (tertiary/aromatic N) is 2. The largest absolute Gasteiger partial charge is 0.300 e. The first-order valence-electron chi connectivity index (χ1n) is 5.96. The van der Waals surface area contributed by atoms with Crippen molar-refractivity contribution in [2.24, 2.45) is 5.92 Å². The third-order valence-corrected chi connectivity index (χ3v) is 4.63. The lowest BCUT2D eigenvalue weighted by molar-refractivity contribution is -0.119. The monoisotopic (exact) mass is 271 g/mol. The van der Waals surface area contributed by atoms with E-state index in [0.717, 1.165) is 17.2 Å². The summed E-state index contributed by atoms with van der Waals surface area (Å²) < 4.78 is 0.918. The van der Waals surface area contributed by atoms with Gasteiger partial charge in [0.15, 0.2) is 4.34 Å². The maximum absolute atomic E-state index is 11.9. The first kappa shape index (κ1) is 12.8. The number of hydrogen-bond donors (Lipinski definition) is 1. The highest BCUT2D eigenvalue weighted by molar-refractivity contribution is 8.01. The average Bonchev–Trinajstić information content (AvgIpc) is 2.87. The van der Waals surface area contributed by atoms with E-state index in [1.165, 1.54) is 24.2 Å². The Morgan fingerprint density at radius 2 is 2.12 bits per heavy atom. The molecule has 0 radical (unpaired) electrons. The van der Waals surface area contributed by atoms with Gasteiger partial charge in [-0.3, -0.25) is 4.79 Å². The Labute approximate surface area is 110 Å². The molecule has 2 rings (SSSR count). The van der Waals surface area contributed by atoms with Crippen molar-refractivity contribution in [1.29, 1.82) is 0 Å². The summed E-state index contributed by atoms with van der Waals surface area (Å²) in [6, 6.07) is 0. The molecule has 1 aliphatic carbocycles. The highest BCUT2D eigenvalue weighted by Crippen LogP contribution is 2.30. The second-order valence-corrected chi connectivity index (χ2v) is 7.31. The summed E-state index contributed by atoms with van der Waals surface area (Å²) in [5.74, 6) is 0.292. The number of carbonyl (C=O) groups excluding carboxylic acids is 1. The van der Waals surface area contributed by atoms with E-state index in [2.05, 4.69) is 29.4 Å². The molecule has 1 aromatic heterocycles. The molecule has 0 unspecified atom stereocenters. The molecule has 1 saturated carbocycles. The zero-order chi connectivity index (χ0) is 12.3. The first-order valence-corrected chi connectivity index (χ1v) is 7.66. The summed E-state index contributed by atoms with van der Waals surface area (Å²) >= 11 is 3.13. The molecule has 4 nitrogen and oxygen atoms in total. The quantitative estimate of drug-likeness (QED) is 0.675. The smallest absolute Gasteiger partial charge is 0.229 e. The van der Waals surface area contributed by atoms with Crippen molar-refractivity contribution < 1.29 is 4.79 Å². The van der Waals surface area contributed by atoms with Crippen molar-refractivity contribution in [2.75, 3.05) is 5.32 Å². The van der Waals surface area contributed by atoms with Gasteiger partial charge in [-0.2, -0.15) is 0 Å². The van der Waals surface area contributed by atoms with Gasteiger partial charge in [-0.15, -0.1) is 10.2 Å². The molecule has 0 saturated heterocycles. The zero-order valence-electron chi connectivity index (χ0n) is 10.1. The topological polar surface area (TPSA) is 54.9 Å². The van der Waals surface area contributed by atoms with Gasteiger partial charge in [-0.05, 0) is 12.8 Å². The maximum Gasteiger partial charge on any atom is 0.229 e. The summed E-state index contributed by atoms with van der Waals surface area (Å²) in [6.45, 7) is 4.23. The summed E-state index contributed by atoms with van der Waals surface area (Å²) in [5.41, 5.74) is 0. The van der Waals surface area contributed by atoms with Gasteiger partial charge in [0.05, 0.1) is 0 Å². The minimum atomic E-state index is 0.111. The van der Waals surface area contributed by atoms with Crippen LogP contribution in [-0.4, -0.2) is 21.4 Å². The van der Waals surface area contributed by atoms with Crippen LogP contribution in [0, 0.1) is 5.92 Å². The lowest BCUT2D eigenvalue weighted by Gasteiger charge is -2.06. The van der Waals surface area contributed by atoms with Crippen molar-refractivity contribution >= 4 is 34.1 Å². The highest BCUT2D eigenvalue weighted by Gasteiger charge is 2.23. The molecule has 94 valence electrons. The molecule has 0 spiro atoms. The Hall–Kier alpha value is -0.620. The zero-order valence-corrected chi connectivity index (χ0v) is 11.7. The fourth-order valence-electron chi connectivity index (χ4n) is 1.90. The van der Waals surface area contributed by atoms with Gasteiger partial charge >= 0.3 is 0 Å². The summed E-state index contributed by atoms with van der Waals surface area (Å²) in [4.78, 5) is 11.9. The molecule has 1 N–H and O–H groups in total. The van der Waals surface area contributed by atoms with Gasteiger partial charge in [0.1, 0.15) is 0 Å². The second-order valence-electron chi connectivity index (χ2n) is 4.51. The fraction of sp³-hybridized carbons (Fsp3) is 0.727. The molecule has 1 heterocycles. The third kappa shape index (κ3) is 3.67. The lowest BCUT2D eigenvalue weighted by atomic mass is 10.1. The van der Waals surface area contributed by atoms with Crippen LogP contribution in [-0.2, 0) is 4.79 Å². The Balaban J connectivity index is 1.89. The normalized spacial score (nSPS) is 16.6. The van der Waals surface area contributed by atoms with Crippen LogP contribution in [0.4, 0.5) is 5.13 Å². The predicted molar refractivity (Wildman–Crippen MR) is 71.5 cm³/mol. The molecule has 1 amide bonds. The SMILES string of the molecule is CC(C)Sc1nnc(NC(=O)C2CCCC2)s1. The van der Waals surface area contributed by atoms with Crippen molar-refractivity contribution in [1.82, 2.24) is 10.2 Å². The molecule has 0 atom stereocenters. The predicted octanol–water partition coefficient (Wildman–Crippen LogP) is 3.17. The number of nitrogens with one attached hydrogen (secondary N) is 1. The molecular weight excluding hydrogens is 254 g/mol. The van der Waals surface area contributed by atoms with Crippen LogP contribution in [0.25, 0.3) is 0 Å². The lowest BCUT2D eigenvalue weighted by Crippen LogP contribution is -2.20. The summed E-state index contributed by atoms with van der Waals surface area (Å²) in [7, 11) is 0. The Kier molecular flexibility index (Phi) is 4.39. The van der Waals surface area contributed by atoms with E-state index in [1.807, 2.05) is 0 Å². The van der Waals surface area contributed by atoms with Gasteiger partial charge < -0.3 is 5.32 Å². The Morgan fingerprint density at radius 3 is 2.76 bits per heavy atom. The highest BCUT2D eigenvalue weighted by atomic mass is 32.2. The van der Waals surface area contributed by atoms with E-state index in [1.54, 1.807) is 11.8 Å². The van der Waals surface area contributed by atoms with Gasteiger partial charge in [0, 0.05) is 11.2 Å². The minimum absolute atomic E-state index is 0.111. The number of rotatable bonds is 4. The molecule has 0 bridgehead atoms. The van der Waals surface area contributed by atoms with Crippen LogP contribution in [0.2, 0.25) is 0 Å². The number of carbonyl (C=O) groups is 1. The number of anilines is 1. The standard InChI is InChI=1S/C11H17N3OS2/c1-7(2)16-11-14-13-10(17-11)12-9(15)8-5-3-4-6-8/h7-8H,3-6H2,1-2H3,(H,12,13,15). The van der Waals surface area contributed by atoms with Crippen molar-refractivity contribution in [3.8, 4) is 0 Å². The molecule has 1 aromatic rings. The van der Waals surface area contributed by atoms with Crippen LogP contribution in [0.5, 0.6) is 0 Å². The number of amides is 1. The van der Waals surface area contributed by atoms with E-state index >= 15 is 0 Å². The summed E-state index contributed by atoms with van der Waals surface area (Å²) in [6.07, 6.45) is 4.36. The second kappa shape index (κ2) is 5.82. The van der Waals surface area contributed by atoms with E-state index in [9.17, 15) is 4.79 Å². The Bertz CT molecular complexity index is 386. The van der Waals surface area contributed by atoms with Crippen LogP contribution < -0.4 is 5.32 Å². The van der Waals surface area contributed by atoms with Gasteiger partial charge in [0.25, 0.3) is 0 Å². The van der Waals surface area contributed by atoms with E-state index in [-0.39, 0.29) is 11.8 Å². The molecule has 1 fully saturated rings. The van der Waals surface area contributed by atoms with E-state index < -0.39 is 0 Å². The molecule has 0 aliphatic heterocycles. The van der Waals surface area contributed by atoms with E-state index in [4.69, 9.17) is 0 Å². The molecule has 17 heavy (non-hydrogen) atoms. The third-order valence-electron chi connectivity index (χ3n) is 2.70. The molecule has 6 heteroatoms. The van der Waals surface area contributed by atoms with Gasteiger partial charge in [-0.1, -0.05) is 49.8 Å². The average molecular weight is 271 g/mol. The van der Waals surface area contributed by atoms with Crippen LogP contribution >= 0.6 is 23.1 Å². The van der Waals surface area contributed by atoms with Crippen molar-refractivity contribution in [2.45, 2.75) is 49.1 Å². The molecule has 1 aliphatic rings. The van der Waals surface area contributed by atoms with Crippen molar-refractivity contribution in [3.05, 3.63) is 0 Å². The van der Waals surface area contributed by atoms with Crippen LogP contribution in [0.3, 0.4) is 0 Å². The van der Waals surface area contributed by atoms with E-state index in [0.29, 0.717) is 10.4 Å². The Morgan fingerprint density at radius 1 is 1.41 bits per heavy atom. The first-order chi connectivity index (χ1) is 8.15. The van der Waals surface area contributed by atoms with Gasteiger partial charge in [-0.25, -0.2) is 0 Å². The fourth-order valence-corrected chi connectivity index (χ4v) is 3.88. The molecule has 0 aromatic carbocycles. The summed E-state index contributed by atoms with van der Waals surface area (Å²) in [5, 5.41) is 12.0. The van der Waals surface area contributed by atoms with Crippen molar-refractivity contribution in [3.63, 3.8) is 0 Å². The van der Waals surface area contributed by atoms with Crippen LogP contribution in [0.15, 0.2) is 4.34 Å². The van der Waals surface area contributed by atoms with Crippen LogP contribution in [0.1, 0.15) is 39.5 Å². The van der Waals surface area contributed by atoms with Gasteiger partial charge in [0.2, 0.25) is 11.0 Å². The minimum Gasteiger partial charge on any atom is -0.300 e. The number of hydrogen-bond acceptors (Lipinski definition) is 5. The number of thioether (sulfide) groups is 1. The number of aromatic nitrogens is 2. The maximum atomic E-state index is 11.9.